The van der Waals surface area contributed by atoms with E-state index in [0.29, 0.717) is 25.1 Å². The van der Waals surface area contributed by atoms with E-state index in [2.05, 4.69) is 5.32 Å². The molecule has 0 saturated heterocycles. The number of hydrogen-bond acceptors (Lipinski definition) is 4. The fourth-order valence-corrected chi connectivity index (χ4v) is 3.61. The minimum atomic E-state index is -3.69. The van der Waals surface area contributed by atoms with E-state index in [0.717, 1.165) is 22.7 Å². The second-order valence-corrected chi connectivity index (χ2v) is 8.21. The molecule has 0 unspecified atom stereocenters. The Balaban J connectivity index is 1.61. The SMILES string of the molecule is Cc1cc(C(=O)NCCc2ccc(S(N)(=O)=O)cc2)c(C)n1Cc1ccco1. The van der Waals surface area contributed by atoms with E-state index in [4.69, 9.17) is 9.56 Å². The first-order valence-corrected chi connectivity index (χ1v) is 10.4. The predicted octanol–water partition coefficient (Wildman–Crippen LogP) is 2.37. The molecular formula is C20H23N3O4S. The van der Waals surface area contributed by atoms with Crippen molar-refractivity contribution in [3.05, 3.63) is 77.0 Å². The first kappa shape index (κ1) is 19.9. The first-order valence-electron chi connectivity index (χ1n) is 8.85. The van der Waals surface area contributed by atoms with Crippen LogP contribution in [0.5, 0.6) is 0 Å². The Kier molecular flexibility index (Phi) is 5.71. The van der Waals surface area contributed by atoms with Crippen LogP contribution in [0.3, 0.4) is 0 Å². The zero-order valence-corrected chi connectivity index (χ0v) is 16.6. The number of carbonyl (C=O) groups is 1. The van der Waals surface area contributed by atoms with Gasteiger partial charge in [0.2, 0.25) is 10.0 Å². The van der Waals surface area contributed by atoms with E-state index in [-0.39, 0.29) is 10.8 Å². The summed E-state index contributed by atoms with van der Waals surface area (Å²) in [6, 6.07) is 11.9. The largest absolute Gasteiger partial charge is 0.467 e. The molecule has 3 N–H and O–H groups in total. The molecule has 2 heterocycles. The maximum Gasteiger partial charge on any atom is 0.253 e. The highest BCUT2D eigenvalue weighted by Gasteiger charge is 2.16. The smallest absolute Gasteiger partial charge is 0.253 e. The predicted molar refractivity (Wildman–Crippen MR) is 106 cm³/mol. The summed E-state index contributed by atoms with van der Waals surface area (Å²) in [7, 11) is -3.69. The van der Waals surface area contributed by atoms with Crippen molar-refractivity contribution in [3.63, 3.8) is 0 Å². The van der Waals surface area contributed by atoms with E-state index in [9.17, 15) is 13.2 Å². The summed E-state index contributed by atoms with van der Waals surface area (Å²) in [5.74, 6) is 0.691. The number of sulfonamides is 1. The van der Waals surface area contributed by atoms with Gasteiger partial charge in [-0.2, -0.15) is 0 Å². The van der Waals surface area contributed by atoms with Crippen molar-refractivity contribution in [2.75, 3.05) is 6.54 Å². The molecule has 0 spiro atoms. The number of rotatable bonds is 7. The maximum absolute atomic E-state index is 12.6. The summed E-state index contributed by atoms with van der Waals surface area (Å²) in [6.07, 6.45) is 2.22. The van der Waals surface area contributed by atoms with Gasteiger partial charge in [0.25, 0.3) is 5.91 Å². The molecule has 1 amide bonds. The second kappa shape index (κ2) is 8.04. The van der Waals surface area contributed by atoms with Gasteiger partial charge in [0, 0.05) is 17.9 Å². The Morgan fingerprint density at radius 2 is 1.89 bits per heavy atom. The van der Waals surface area contributed by atoms with Crippen LogP contribution in [0.2, 0.25) is 0 Å². The molecule has 0 aliphatic carbocycles. The van der Waals surface area contributed by atoms with Gasteiger partial charge in [-0.3, -0.25) is 4.79 Å². The van der Waals surface area contributed by atoms with Crippen molar-refractivity contribution < 1.29 is 17.6 Å². The van der Waals surface area contributed by atoms with Gasteiger partial charge in [0.15, 0.2) is 0 Å². The van der Waals surface area contributed by atoms with Gasteiger partial charge in [0.05, 0.1) is 23.3 Å². The fraction of sp³-hybridized carbons (Fsp3) is 0.250. The second-order valence-electron chi connectivity index (χ2n) is 6.65. The molecule has 0 aliphatic rings. The number of nitrogens with two attached hydrogens (primary N) is 1. The number of benzene rings is 1. The maximum atomic E-state index is 12.6. The summed E-state index contributed by atoms with van der Waals surface area (Å²) in [5.41, 5.74) is 3.41. The molecule has 3 rings (SSSR count). The molecule has 0 aliphatic heterocycles. The zero-order chi connectivity index (χ0) is 20.3. The van der Waals surface area contributed by atoms with Crippen LogP contribution in [0.25, 0.3) is 0 Å². The molecule has 148 valence electrons. The number of amides is 1. The lowest BCUT2D eigenvalue weighted by molar-refractivity contribution is 0.0953. The van der Waals surface area contributed by atoms with Crippen molar-refractivity contribution in [1.29, 1.82) is 0 Å². The number of aryl methyl sites for hydroxylation is 1. The number of aromatic nitrogens is 1. The van der Waals surface area contributed by atoms with Gasteiger partial charge in [-0.15, -0.1) is 0 Å². The Hall–Kier alpha value is -2.84. The summed E-state index contributed by atoms with van der Waals surface area (Å²) < 4.78 is 30.0. The van der Waals surface area contributed by atoms with Crippen molar-refractivity contribution in [1.82, 2.24) is 9.88 Å². The first-order chi connectivity index (χ1) is 13.3. The van der Waals surface area contributed by atoms with Crippen molar-refractivity contribution in [2.45, 2.75) is 31.7 Å². The summed E-state index contributed by atoms with van der Waals surface area (Å²) in [6.45, 7) is 4.89. The summed E-state index contributed by atoms with van der Waals surface area (Å²) >= 11 is 0. The Labute approximate surface area is 164 Å². The van der Waals surface area contributed by atoms with Gasteiger partial charge in [-0.05, 0) is 56.2 Å². The summed E-state index contributed by atoms with van der Waals surface area (Å²) in [5, 5.41) is 8.00. The van der Waals surface area contributed by atoms with Gasteiger partial charge in [0.1, 0.15) is 5.76 Å². The minimum absolute atomic E-state index is 0.0734. The zero-order valence-electron chi connectivity index (χ0n) is 15.8. The number of nitrogens with zero attached hydrogens (tertiary/aromatic N) is 1. The lowest BCUT2D eigenvalue weighted by Crippen LogP contribution is -2.26. The highest BCUT2D eigenvalue weighted by Crippen LogP contribution is 2.17. The van der Waals surface area contributed by atoms with Crippen LogP contribution in [0.1, 0.15) is 33.1 Å². The lowest BCUT2D eigenvalue weighted by Gasteiger charge is -2.09. The fourth-order valence-electron chi connectivity index (χ4n) is 3.09. The van der Waals surface area contributed by atoms with Crippen molar-refractivity contribution >= 4 is 15.9 Å². The van der Waals surface area contributed by atoms with Gasteiger partial charge in [-0.25, -0.2) is 13.6 Å². The molecule has 1 aromatic carbocycles. The van der Waals surface area contributed by atoms with Crippen molar-refractivity contribution in [3.8, 4) is 0 Å². The third kappa shape index (κ3) is 4.52. The summed E-state index contributed by atoms with van der Waals surface area (Å²) in [4.78, 5) is 12.6. The number of primary sulfonamides is 1. The molecule has 7 nitrogen and oxygen atoms in total. The van der Waals surface area contributed by atoms with E-state index >= 15 is 0 Å². The third-order valence-corrected chi connectivity index (χ3v) is 5.59. The van der Waals surface area contributed by atoms with Gasteiger partial charge < -0.3 is 14.3 Å². The molecular weight excluding hydrogens is 378 g/mol. The van der Waals surface area contributed by atoms with Gasteiger partial charge in [-0.1, -0.05) is 12.1 Å². The molecule has 2 aromatic heterocycles. The number of furan rings is 1. The topological polar surface area (TPSA) is 107 Å². The van der Waals surface area contributed by atoms with E-state index in [1.807, 2.05) is 36.6 Å². The lowest BCUT2D eigenvalue weighted by atomic mass is 10.1. The standard InChI is InChI=1S/C20H23N3O4S/c1-14-12-19(15(2)23(14)13-17-4-3-11-27-17)20(24)22-10-9-16-5-7-18(8-6-16)28(21,25)26/h3-8,11-12H,9-10,13H2,1-2H3,(H,22,24)(H2,21,25,26). The Bertz CT molecular complexity index is 1070. The van der Waals surface area contributed by atoms with E-state index in [1.54, 1.807) is 18.4 Å². The van der Waals surface area contributed by atoms with E-state index in [1.165, 1.54) is 12.1 Å². The van der Waals surface area contributed by atoms with Gasteiger partial charge >= 0.3 is 0 Å². The molecule has 3 aromatic rings. The molecule has 0 saturated carbocycles. The molecule has 0 atom stereocenters. The van der Waals surface area contributed by atoms with Crippen LogP contribution in [-0.2, 0) is 23.0 Å². The number of carbonyl (C=O) groups excluding carboxylic acids is 1. The Morgan fingerprint density at radius 3 is 2.50 bits per heavy atom. The molecule has 8 heteroatoms. The van der Waals surface area contributed by atoms with Crippen LogP contribution in [-0.4, -0.2) is 25.4 Å². The van der Waals surface area contributed by atoms with Crippen LogP contribution in [0.15, 0.2) is 58.0 Å². The normalized spacial score (nSPS) is 11.5. The van der Waals surface area contributed by atoms with Crippen LogP contribution in [0.4, 0.5) is 0 Å². The molecule has 28 heavy (non-hydrogen) atoms. The quantitative estimate of drug-likeness (QED) is 0.634. The highest BCUT2D eigenvalue weighted by molar-refractivity contribution is 7.89. The average molecular weight is 401 g/mol. The monoisotopic (exact) mass is 401 g/mol. The van der Waals surface area contributed by atoms with E-state index < -0.39 is 10.0 Å². The molecule has 0 fully saturated rings. The highest BCUT2D eigenvalue weighted by atomic mass is 32.2. The Morgan fingerprint density at radius 1 is 1.18 bits per heavy atom. The number of hydrogen-bond donors (Lipinski definition) is 2. The molecule has 0 radical (unpaired) electrons. The third-order valence-electron chi connectivity index (χ3n) is 4.66. The molecule has 0 bridgehead atoms. The van der Waals surface area contributed by atoms with Crippen LogP contribution in [0, 0.1) is 13.8 Å². The van der Waals surface area contributed by atoms with Crippen molar-refractivity contribution in [2.24, 2.45) is 5.14 Å². The van der Waals surface area contributed by atoms with Crippen LogP contribution >= 0.6 is 0 Å². The number of nitrogens with one attached hydrogen (secondary N) is 1. The van der Waals surface area contributed by atoms with Crippen LogP contribution < -0.4 is 10.5 Å². The minimum Gasteiger partial charge on any atom is -0.467 e. The average Bonchev–Trinajstić information content (AvgIpc) is 3.25.